The molecule has 0 amide bonds. The fraction of sp³-hybridized carbons (Fsp3) is 0.667. The normalized spacial score (nSPS) is 11.0. The summed E-state index contributed by atoms with van der Waals surface area (Å²) >= 11 is 0. The molecule has 0 aliphatic carbocycles. The van der Waals surface area contributed by atoms with Crippen molar-refractivity contribution in [3.05, 3.63) is 0 Å². The molecule has 0 aliphatic rings. The van der Waals surface area contributed by atoms with Crippen molar-refractivity contribution in [2.24, 2.45) is 5.41 Å². The third-order valence-electron chi connectivity index (χ3n) is 1.19. The van der Waals surface area contributed by atoms with E-state index in [1.54, 1.807) is 13.8 Å². The highest BCUT2D eigenvalue weighted by Crippen LogP contribution is 2.12. The summed E-state index contributed by atoms with van der Waals surface area (Å²) in [6.45, 7) is 2.99. The number of hydrogen-bond donors (Lipinski definition) is 2. The molecule has 0 aromatic heterocycles. The first kappa shape index (κ1) is 8.30. The smallest absolute Gasteiger partial charge is 0.180 e. The average Bonchev–Trinajstić information content (AvgIpc) is 1.86. The Labute approximate surface area is 54.2 Å². The van der Waals surface area contributed by atoms with Gasteiger partial charge in [-0.1, -0.05) is 13.8 Å². The van der Waals surface area contributed by atoms with Crippen molar-refractivity contribution < 1.29 is 9.90 Å². The lowest BCUT2D eigenvalue weighted by Crippen LogP contribution is -2.28. The van der Waals surface area contributed by atoms with E-state index >= 15 is 0 Å². The Morgan fingerprint density at radius 1 is 1.78 bits per heavy atom. The highest BCUT2D eigenvalue weighted by molar-refractivity contribution is 6.28. The van der Waals surface area contributed by atoms with Crippen LogP contribution in [0.2, 0.25) is 0 Å². The van der Waals surface area contributed by atoms with E-state index in [4.69, 9.17) is 10.5 Å². The molecule has 3 nitrogen and oxygen atoms in total. The Kier molecular flexibility index (Phi) is 2.52. The minimum absolute atomic E-state index is 0.207. The molecule has 0 bridgehead atoms. The van der Waals surface area contributed by atoms with Gasteiger partial charge in [-0.25, -0.2) is 0 Å². The van der Waals surface area contributed by atoms with Gasteiger partial charge in [0.15, 0.2) is 5.78 Å². The molecule has 0 heterocycles. The van der Waals surface area contributed by atoms with Crippen molar-refractivity contribution in [1.82, 2.24) is 0 Å². The van der Waals surface area contributed by atoms with E-state index in [2.05, 4.69) is 0 Å². The first-order valence-electron chi connectivity index (χ1n) is 2.70. The van der Waals surface area contributed by atoms with Crippen LogP contribution in [-0.4, -0.2) is 23.7 Å². The molecule has 0 rings (SSSR count). The lowest BCUT2D eigenvalue weighted by Gasteiger charge is -2.15. The van der Waals surface area contributed by atoms with Crippen LogP contribution in [0, 0.1) is 10.8 Å². The van der Waals surface area contributed by atoms with Gasteiger partial charge >= 0.3 is 0 Å². The van der Waals surface area contributed by atoms with Gasteiger partial charge in [0.05, 0.1) is 18.2 Å². The summed E-state index contributed by atoms with van der Waals surface area (Å²) in [7, 11) is 0. The molecule has 2 N–H and O–H groups in total. The van der Waals surface area contributed by atoms with Gasteiger partial charge in [-0.3, -0.25) is 4.79 Å². The Morgan fingerprint density at radius 3 is 2.33 bits per heavy atom. The predicted molar refractivity (Wildman–Crippen MR) is 34.7 cm³/mol. The predicted octanol–water partition coefficient (Wildman–Crippen LogP) is 0.224. The summed E-state index contributed by atoms with van der Waals surface area (Å²) in [5, 5.41) is 15.2. The number of rotatable bonds is 3. The lowest BCUT2D eigenvalue weighted by molar-refractivity contribution is -0.121. The maximum atomic E-state index is 10.7. The summed E-state index contributed by atoms with van der Waals surface area (Å²) < 4.78 is 0. The van der Waals surface area contributed by atoms with Crippen molar-refractivity contribution in [2.45, 2.75) is 13.8 Å². The molecule has 0 fully saturated rings. The number of Topliss-reactive ketones (excluding diaryl/α,β-unsaturated/α-hetero) is 1. The first-order valence-corrected chi connectivity index (χ1v) is 2.70. The molecule has 0 aliphatic heterocycles. The average molecular weight is 129 g/mol. The van der Waals surface area contributed by atoms with E-state index in [1.807, 2.05) is 0 Å². The molecule has 0 unspecified atom stereocenters. The molecule has 0 atom stereocenters. The second-order valence-electron chi connectivity index (χ2n) is 2.55. The van der Waals surface area contributed by atoms with Crippen LogP contribution in [0.5, 0.6) is 0 Å². The lowest BCUT2D eigenvalue weighted by atomic mass is 9.90. The molecule has 0 radical (unpaired) electrons. The van der Waals surface area contributed by atoms with Crippen LogP contribution in [0.3, 0.4) is 0 Å². The molecule has 0 aromatic carbocycles. The second-order valence-corrected chi connectivity index (χ2v) is 2.55. The van der Waals surface area contributed by atoms with Crippen LogP contribution in [0.25, 0.3) is 0 Å². The third-order valence-corrected chi connectivity index (χ3v) is 1.19. The fourth-order valence-electron chi connectivity index (χ4n) is 0.273. The van der Waals surface area contributed by atoms with Crippen LogP contribution in [0.15, 0.2) is 0 Å². The molecule has 0 aromatic rings. The van der Waals surface area contributed by atoms with Gasteiger partial charge in [-0.2, -0.15) is 0 Å². The van der Waals surface area contributed by atoms with E-state index in [-0.39, 0.29) is 12.4 Å². The van der Waals surface area contributed by atoms with Gasteiger partial charge in [-0.15, -0.1) is 0 Å². The molecule has 0 saturated heterocycles. The van der Waals surface area contributed by atoms with E-state index < -0.39 is 5.41 Å². The number of carbonyl (C=O) groups is 1. The van der Waals surface area contributed by atoms with Gasteiger partial charge in [0.1, 0.15) is 0 Å². The van der Waals surface area contributed by atoms with Gasteiger partial charge in [-0.05, 0) is 0 Å². The topological polar surface area (TPSA) is 61.1 Å². The zero-order valence-electron chi connectivity index (χ0n) is 5.64. The quantitative estimate of drug-likeness (QED) is 0.535. The molecule has 0 saturated carbocycles. The number of aliphatic hydroxyl groups excluding tert-OH is 1. The van der Waals surface area contributed by atoms with Gasteiger partial charge in [0.25, 0.3) is 0 Å². The van der Waals surface area contributed by atoms with Crippen LogP contribution in [0.4, 0.5) is 0 Å². The van der Waals surface area contributed by atoms with Crippen LogP contribution in [-0.2, 0) is 4.79 Å². The zero-order chi connectivity index (χ0) is 7.49. The Balaban J connectivity index is 4.13. The first-order chi connectivity index (χ1) is 4.04. The Bertz CT molecular complexity index is 129. The molecule has 0 spiro atoms. The summed E-state index contributed by atoms with van der Waals surface area (Å²) in [5.41, 5.74) is -0.776. The molecular weight excluding hydrogens is 118 g/mol. The van der Waals surface area contributed by atoms with Crippen molar-refractivity contribution in [1.29, 1.82) is 5.41 Å². The highest BCUT2D eigenvalue weighted by Gasteiger charge is 2.23. The number of nitrogens with one attached hydrogen (secondary N) is 1. The zero-order valence-corrected chi connectivity index (χ0v) is 5.64. The van der Waals surface area contributed by atoms with Crippen molar-refractivity contribution >= 4 is 12.0 Å². The van der Waals surface area contributed by atoms with E-state index in [9.17, 15) is 4.79 Å². The van der Waals surface area contributed by atoms with Gasteiger partial charge < -0.3 is 10.5 Å². The molecular formula is C6H11NO2. The summed E-state index contributed by atoms with van der Waals surface area (Å²) in [6.07, 6.45) is 0.732. The van der Waals surface area contributed by atoms with Gasteiger partial charge in [0, 0.05) is 0 Å². The van der Waals surface area contributed by atoms with E-state index in [0.29, 0.717) is 0 Å². The summed E-state index contributed by atoms with van der Waals surface area (Å²) in [6, 6.07) is 0. The Morgan fingerprint density at radius 2 is 2.22 bits per heavy atom. The summed E-state index contributed by atoms with van der Waals surface area (Å²) in [4.78, 5) is 10.7. The molecule has 9 heavy (non-hydrogen) atoms. The van der Waals surface area contributed by atoms with Crippen LogP contribution < -0.4 is 0 Å². The van der Waals surface area contributed by atoms with Crippen LogP contribution >= 0.6 is 0 Å². The van der Waals surface area contributed by atoms with Crippen molar-refractivity contribution in [2.75, 3.05) is 6.61 Å². The fourth-order valence-corrected chi connectivity index (χ4v) is 0.273. The van der Waals surface area contributed by atoms with Crippen molar-refractivity contribution in [3.8, 4) is 0 Å². The maximum absolute atomic E-state index is 10.7. The second kappa shape index (κ2) is 2.73. The van der Waals surface area contributed by atoms with Crippen LogP contribution in [0.1, 0.15) is 13.8 Å². The monoisotopic (exact) mass is 129 g/mol. The summed E-state index contributed by atoms with van der Waals surface area (Å²) in [5.74, 6) is -0.343. The minimum atomic E-state index is -0.776. The third kappa shape index (κ3) is 1.93. The highest BCUT2D eigenvalue weighted by atomic mass is 16.3. The Hall–Kier alpha value is -0.700. The number of ketones is 1. The van der Waals surface area contributed by atoms with E-state index in [0.717, 1.165) is 6.21 Å². The minimum Gasteiger partial charge on any atom is -0.395 e. The van der Waals surface area contributed by atoms with E-state index in [1.165, 1.54) is 0 Å². The number of carbonyl (C=O) groups excluding carboxylic acids is 1. The van der Waals surface area contributed by atoms with Crippen molar-refractivity contribution in [3.63, 3.8) is 0 Å². The standard InChI is InChI=1S/C6H11NO2/c1-6(2,4-8)5(9)3-7/h3,7-8H,4H2,1-2H3. The molecule has 52 valence electrons. The largest absolute Gasteiger partial charge is 0.395 e. The molecule has 3 heteroatoms. The van der Waals surface area contributed by atoms with Gasteiger partial charge in [0.2, 0.25) is 0 Å². The maximum Gasteiger partial charge on any atom is 0.180 e. The number of aliphatic hydroxyl groups is 1. The SMILES string of the molecule is CC(C)(CO)C(=O)C=N. The number of hydrogen-bond acceptors (Lipinski definition) is 3.